The molecule has 0 spiro atoms. The predicted molar refractivity (Wildman–Crippen MR) is 140 cm³/mol. The number of carbonyl (C=O) groups is 2. The Kier molecular flexibility index (Phi) is 7.09. The number of piperidine rings is 1. The van der Waals surface area contributed by atoms with Crippen LogP contribution in [0, 0.1) is 5.92 Å². The maximum absolute atomic E-state index is 12.8. The number of nitrogens with zero attached hydrogens (tertiary/aromatic N) is 3. The fourth-order valence-electron chi connectivity index (χ4n) is 4.66. The number of rotatable bonds is 7. The van der Waals surface area contributed by atoms with Crippen LogP contribution in [-0.2, 0) is 11.2 Å². The number of anilines is 1. The molecule has 0 unspecified atom stereocenters. The standard InChI is InChI=1S/C29H30N4O3/c1-32-14-10-22(11-15-32)17-28(34)31-27-20-25(9-13-30-27)36-24-7-8-26-23(19-24)12-16-33(26)29(35)18-21-5-3-2-4-6-21/h2-9,12-13,16,19-20,22H,10-11,14-15,17-18H2,1H3,(H,30,31,34). The van der Waals surface area contributed by atoms with Gasteiger partial charge in [-0.15, -0.1) is 0 Å². The average Bonchev–Trinajstić information content (AvgIpc) is 3.30. The summed E-state index contributed by atoms with van der Waals surface area (Å²) in [5.74, 6) is 2.12. The Balaban J connectivity index is 1.22. The molecule has 1 aliphatic rings. The van der Waals surface area contributed by atoms with Crippen LogP contribution in [0.15, 0.2) is 79.1 Å². The van der Waals surface area contributed by atoms with Crippen LogP contribution >= 0.6 is 0 Å². The minimum atomic E-state index is -0.0165. The van der Waals surface area contributed by atoms with Crippen LogP contribution in [0.3, 0.4) is 0 Å². The van der Waals surface area contributed by atoms with Crippen molar-refractivity contribution in [3.8, 4) is 11.5 Å². The van der Waals surface area contributed by atoms with E-state index in [1.807, 2.05) is 54.6 Å². The van der Waals surface area contributed by atoms with Crippen molar-refractivity contribution in [2.45, 2.75) is 25.7 Å². The Morgan fingerprint density at radius 1 is 1.00 bits per heavy atom. The Morgan fingerprint density at radius 3 is 2.58 bits per heavy atom. The number of hydrogen-bond donors (Lipinski definition) is 1. The highest BCUT2D eigenvalue weighted by atomic mass is 16.5. The van der Waals surface area contributed by atoms with Gasteiger partial charge in [-0.3, -0.25) is 14.2 Å². The van der Waals surface area contributed by atoms with E-state index in [0.29, 0.717) is 36.1 Å². The lowest BCUT2D eigenvalue weighted by molar-refractivity contribution is -0.117. The summed E-state index contributed by atoms with van der Waals surface area (Å²) < 4.78 is 7.72. The van der Waals surface area contributed by atoms with E-state index in [2.05, 4.69) is 22.2 Å². The minimum absolute atomic E-state index is 0.0135. The molecule has 0 aliphatic carbocycles. The summed E-state index contributed by atoms with van der Waals surface area (Å²) in [6, 6.07) is 20.7. The molecule has 4 aromatic rings. The second kappa shape index (κ2) is 10.7. The summed E-state index contributed by atoms with van der Waals surface area (Å²) in [5, 5.41) is 3.82. The first-order valence-corrected chi connectivity index (χ1v) is 12.3. The first-order valence-electron chi connectivity index (χ1n) is 12.3. The number of ether oxygens (including phenoxy) is 1. The van der Waals surface area contributed by atoms with Crippen LogP contribution in [0.1, 0.15) is 29.6 Å². The molecule has 2 aromatic heterocycles. The maximum Gasteiger partial charge on any atom is 0.235 e. The van der Waals surface area contributed by atoms with Crippen LogP contribution in [0.4, 0.5) is 5.82 Å². The van der Waals surface area contributed by atoms with Gasteiger partial charge in [-0.1, -0.05) is 30.3 Å². The van der Waals surface area contributed by atoms with Crippen LogP contribution in [0.2, 0.25) is 0 Å². The molecule has 1 aliphatic heterocycles. The Labute approximate surface area is 210 Å². The third kappa shape index (κ3) is 5.80. The van der Waals surface area contributed by atoms with Gasteiger partial charge in [0.15, 0.2) is 0 Å². The van der Waals surface area contributed by atoms with Gasteiger partial charge in [0.05, 0.1) is 11.9 Å². The smallest absolute Gasteiger partial charge is 0.235 e. The van der Waals surface area contributed by atoms with Gasteiger partial charge >= 0.3 is 0 Å². The van der Waals surface area contributed by atoms with Gasteiger partial charge in [-0.2, -0.15) is 0 Å². The molecule has 1 N–H and O–H groups in total. The molecule has 0 saturated carbocycles. The van der Waals surface area contributed by atoms with Crippen molar-refractivity contribution >= 4 is 28.5 Å². The summed E-state index contributed by atoms with van der Waals surface area (Å²) in [6.45, 7) is 2.07. The largest absolute Gasteiger partial charge is 0.457 e. The molecular weight excluding hydrogens is 452 g/mol. The quantitative estimate of drug-likeness (QED) is 0.383. The maximum atomic E-state index is 12.8. The van der Waals surface area contributed by atoms with Crippen LogP contribution < -0.4 is 10.1 Å². The molecule has 3 heterocycles. The Hall–Kier alpha value is -3.97. The second-order valence-corrected chi connectivity index (χ2v) is 9.44. The zero-order valence-corrected chi connectivity index (χ0v) is 20.4. The van der Waals surface area contributed by atoms with E-state index in [0.717, 1.165) is 42.4 Å². The first kappa shape index (κ1) is 23.8. The third-order valence-electron chi connectivity index (χ3n) is 6.68. The number of amides is 1. The Morgan fingerprint density at radius 2 is 1.78 bits per heavy atom. The van der Waals surface area contributed by atoms with E-state index in [1.165, 1.54) is 0 Å². The third-order valence-corrected chi connectivity index (χ3v) is 6.68. The summed E-state index contributed by atoms with van der Waals surface area (Å²) in [5.41, 5.74) is 1.82. The van der Waals surface area contributed by atoms with E-state index in [9.17, 15) is 9.59 Å². The molecule has 36 heavy (non-hydrogen) atoms. The van der Waals surface area contributed by atoms with Crippen molar-refractivity contribution in [1.29, 1.82) is 0 Å². The second-order valence-electron chi connectivity index (χ2n) is 9.44. The highest BCUT2D eigenvalue weighted by Crippen LogP contribution is 2.28. The van der Waals surface area contributed by atoms with Gasteiger partial charge in [0.2, 0.25) is 11.8 Å². The van der Waals surface area contributed by atoms with E-state index < -0.39 is 0 Å². The fourth-order valence-corrected chi connectivity index (χ4v) is 4.66. The van der Waals surface area contributed by atoms with Crippen molar-refractivity contribution in [2.24, 2.45) is 5.92 Å². The molecule has 0 radical (unpaired) electrons. The van der Waals surface area contributed by atoms with E-state index in [1.54, 1.807) is 29.1 Å². The molecule has 5 rings (SSSR count). The number of carbonyl (C=O) groups excluding carboxylic acids is 2. The van der Waals surface area contributed by atoms with Crippen LogP contribution in [-0.4, -0.2) is 46.4 Å². The normalized spacial score (nSPS) is 14.6. The first-order chi connectivity index (χ1) is 17.5. The van der Waals surface area contributed by atoms with Crippen LogP contribution in [0.25, 0.3) is 10.9 Å². The van der Waals surface area contributed by atoms with Gasteiger partial charge in [0.1, 0.15) is 17.3 Å². The van der Waals surface area contributed by atoms with Crippen molar-refractivity contribution < 1.29 is 14.3 Å². The van der Waals surface area contributed by atoms with Gasteiger partial charge in [-0.05, 0) is 74.8 Å². The molecular formula is C29H30N4O3. The van der Waals surface area contributed by atoms with Crippen molar-refractivity contribution in [1.82, 2.24) is 14.5 Å². The van der Waals surface area contributed by atoms with Gasteiger partial charge < -0.3 is 15.0 Å². The van der Waals surface area contributed by atoms with Gasteiger partial charge in [0, 0.05) is 30.3 Å². The Bertz CT molecular complexity index is 1360. The fraction of sp³-hybridized carbons (Fsp3) is 0.276. The lowest BCUT2D eigenvalue weighted by Gasteiger charge is -2.28. The number of nitrogens with one attached hydrogen (secondary N) is 1. The topological polar surface area (TPSA) is 76.5 Å². The zero-order chi connectivity index (χ0) is 24.9. The highest BCUT2D eigenvalue weighted by Gasteiger charge is 2.20. The molecule has 0 bridgehead atoms. The predicted octanol–water partition coefficient (Wildman–Crippen LogP) is 5.38. The van der Waals surface area contributed by atoms with E-state index in [4.69, 9.17) is 4.74 Å². The molecule has 7 nitrogen and oxygen atoms in total. The van der Waals surface area contributed by atoms with E-state index >= 15 is 0 Å². The molecule has 2 aromatic carbocycles. The summed E-state index contributed by atoms with van der Waals surface area (Å²) in [4.78, 5) is 31.9. The van der Waals surface area contributed by atoms with E-state index in [-0.39, 0.29) is 11.8 Å². The number of likely N-dealkylation sites (tertiary alicyclic amines) is 1. The number of hydrogen-bond acceptors (Lipinski definition) is 5. The molecule has 1 fully saturated rings. The van der Waals surface area contributed by atoms with Crippen molar-refractivity contribution in [3.63, 3.8) is 0 Å². The highest BCUT2D eigenvalue weighted by molar-refractivity contribution is 5.94. The SMILES string of the molecule is CN1CCC(CC(=O)Nc2cc(Oc3ccc4c(ccn4C(=O)Cc4ccccc4)c3)ccn2)CC1. The molecule has 1 amide bonds. The molecule has 1 saturated heterocycles. The number of aromatic nitrogens is 2. The summed E-state index contributed by atoms with van der Waals surface area (Å²) >= 11 is 0. The summed E-state index contributed by atoms with van der Waals surface area (Å²) in [7, 11) is 2.12. The number of benzene rings is 2. The zero-order valence-electron chi connectivity index (χ0n) is 20.4. The minimum Gasteiger partial charge on any atom is -0.457 e. The molecule has 0 atom stereocenters. The molecule has 7 heteroatoms. The van der Waals surface area contributed by atoms with Crippen LogP contribution in [0.5, 0.6) is 11.5 Å². The average molecular weight is 483 g/mol. The van der Waals surface area contributed by atoms with Crippen molar-refractivity contribution in [3.05, 3.63) is 84.7 Å². The lowest BCUT2D eigenvalue weighted by Crippen LogP contribution is -2.32. The van der Waals surface area contributed by atoms with Gasteiger partial charge in [0.25, 0.3) is 0 Å². The number of pyridine rings is 1. The van der Waals surface area contributed by atoms with Crippen molar-refractivity contribution in [2.75, 3.05) is 25.5 Å². The number of fused-ring (bicyclic) bond motifs is 1. The lowest BCUT2D eigenvalue weighted by atomic mass is 9.93. The van der Waals surface area contributed by atoms with Gasteiger partial charge in [-0.25, -0.2) is 4.98 Å². The molecule has 184 valence electrons. The monoisotopic (exact) mass is 482 g/mol. The summed E-state index contributed by atoms with van der Waals surface area (Å²) in [6.07, 6.45) is 6.36.